The fourth-order valence-corrected chi connectivity index (χ4v) is 5.85. The van der Waals surface area contributed by atoms with E-state index in [0.29, 0.717) is 32.6 Å². The van der Waals surface area contributed by atoms with E-state index in [4.69, 9.17) is 24.9 Å². The molecule has 0 unspecified atom stereocenters. The second kappa shape index (κ2) is 10.1. The lowest BCUT2D eigenvalue weighted by Gasteiger charge is -2.15. The van der Waals surface area contributed by atoms with Gasteiger partial charge in [-0.25, -0.2) is 4.98 Å². The van der Waals surface area contributed by atoms with E-state index in [-0.39, 0.29) is 11.9 Å². The summed E-state index contributed by atoms with van der Waals surface area (Å²) in [4.78, 5) is 19.3. The molecule has 3 N–H and O–H groups in total. The van der Waals surface area contributed by atoms with Crippen LogP contribution in [0.4, 0.5) is 5.69 Å². The van der Waals surface area contributed by atoms with Gasteiger partial charge < -0.3 is 25.3 Å². The molecule has 2 aromatic heterocycles. The lowest BCUT2D eigenvalue weighted by molar-refractivity contribution is 0.0943. The Morgan fingerprint density at radius 3 is 2.25 bits per heavy atom. The Balaban J connectivity index is 1.72. The topological polar surface area (TPSA) is 95.7 Å². The summed E-state index contributed by atoms with van der Waals surface area (Å²) < 4.78 is 16.7. The summed E-state index contributed by atoms with van der Waals surface area (Å²) in [5.41, 5.74) is 10.5. The molecule has 1 amide bonds. The van der Waals surface area contributed by atoms with Gasteiger partial charge in [0.15, 0.2) is 11.5 Å². The number of fused-ring (bicyclic) bond motifs is 1. The van der Waals surface area contributed by atoms with E-state index in [2.05, 4.69) is 5.32 Å². The number of amides is 1. The van der Waals surface area contributed by atoms with Gasteiger partial charge in [-0.05, 0) is 42.2 Å². The zero-order valence-electron chi connectivity index (χ0n) is 20.6. The molecule has 0 aliphatic heterocycles. The Morgan fingerprint density at radius 2 is 1.64 bits per heavy atom. The molecule has 1 fully saturated rings. The molecule has 0 spiro atoms. The first-order valence-corrected chi connectivity index (χ1v) is 12.7. The van der Waals surface area contributed by atoms with Gasteiger partial charge in [-0.2, -0.15) is 0 Å². The maximum atomic E-state index is 13.2. The molecule has 0 atom stereocenters. The number of rotatable bonds is 7. The summed E-state index contributed by atoms with van der Waals surface area (Å²) in [6.07, 6.45) is 4.29. The number of pyridine rings is 1. The number of carbonyl (C=O) groups excluding carboxylic acids is 1. The summed E-state index contributed by atoms with van der Waals surface area (Å²) >= 11 is 1.33. The second-order valence-electron chi connectivity index (χ2n) is 8.81. The van der Waals surface area contributed by atoms with E-state index < -0.39 is 0 Å². The monoisotopic (exact) mass is 503 g/mol. The van der Waals surface area contributed by atoms with Crippen molar-refractivity contribution in [3.8, 4) is 39.6 Å². The summed E-state index contributed by atoms with van der Waals surface area (Å²) in [5.74, 6) is 1.43. The van der Waals surface area contributed by atoms with Gasteiger partial charge in [0.05, 0.1) is 32.7 Å². The lowest BCUT2D eigenvalue weighted by atomic mass is 9.98. The van der Waals surface area contributed by atoms with Crippen molar-refractivity contribution in [2.75, 3.05) is 27.1 Å². The molecule has 2 aromatic carbocycles. The highest BCUT2D eigenvalue weighted by atomic mass is 32.1. The molecule has 0 radical (unpaired) electrons. The number of nitrogens with one attached hydrogen (secondary N) is 1. The van der Waals surface area contributed by atoms with Crippen molar-refractivity contribution in [3.63, 3.8) is 0 Å². The smallest absolute Gasteiger partial charge is 0.263 e. The van der Waals surface area contributed by atoms with Crippen molar-refractivity contribution in [1.29, 1.82) is 0 Å². The van der Waals surface area contributed by atoms with Crippen LogP contribution in [-0.2, 0) is 0 Å². The Bertz CT molecular complexity index is 1390. The quantitative estimate of drug-likeness (QED) is 0.325. The maximum absolute atomic E-state index is 13.2. The molecule has 1 aliphatic rings. The molecule has 36 heavy (non-hydrogen) atoms. The average molecular weight is 504 g/mol. The van der Waals surface area contributed by atoms with Crippen LogP contribution in [0.2, 0.25) is 0 Å². The SMILES string of the molecule is COc1cc(-c2cc(-c3ccccc3)nc3sc(C(=O)NC4CCCC4)c(N)c23)cc(OC)c1OC. The third-order valence-corrected chi connectivity index (χ3v) is 7.74. The van der Waals surface area contributed by atoms with Gasteiger partial charge in [-0.1, -0.05) is 43.2 Å². The number of hydrogen-bond acceptors (Lipinski definition) is 7. The number of nitrogens with two attached hydrogens (primary N) is 1. The standard InChI is InChI=1S/C28H29N3O4S/c1-33-21-13-17(14-22(34-2)25(21)35-3)19-15-20(16-9-5-4-6-10-16)31-28-23(19)24(29)26(36-28)27(32)30-18-11-7-8-12-18/h4-6,9-10,13-15,18H,7-8,11-12,29H2,1-3H3,(H,30,32). The molecule has 0 bridgehead atoms. The van der Waals surface area contributed by atoms with E-state index in [1.54, 1.807) is 21.3 Å². The predicted molar refractivity (Wildman–Crippen MR) is 144 cm³/mol. The van der Waals surface area contributed by atoms with Crippen LogP contribution in [0.25, 0.3) is 32.6 Å². The van der Waals surface area contributed by atoms with Gasteiger partial charge in [0, 0.05) is 17.0 Å². The third kappa shape index (κ3) is 4.33. The minimum atomic E-state index is -0.139. The van der Waals surface area contributed by atoms with Gasteiger partial charge in [0.1, 0.15) is 9.71 Å². The number of ether oxygens (including phenoxy) is 3. The van der Waals surface area contributed by atoms with Crippen LogP contribution in [0.15, 0.2) is 48.5 Å². The maximum Gasteiger partial charge on any atom is 0.263 e. The molecule has 0 saturated heterocycles. The molecule has 8 heteroatoms. The van der Waals surface area contributed by atoms with E-state index in [1.165, 1.54) is 11.3 Å². The second-order valence-corrected chi connectivity index (χ2v) is 9.81. The Kier molecular flexibility index (Phi) is 6.69. The van der Waals surface area contributed by atoms with Crippen molar-refractivity contribution in [2.45, 2.75) is 31.7 Å². The fourth-order valence-electron chi connectivity index (χ4n) is 4.83. The number of hydrogen-bond donors (Lipinski definition) is 2. The number of anilines is 1. The van der Waals surface area contributed by atoms with Crippen LogP contribution in [0.1, 0.15) is 35.4 Å². The zero-order valence-corrected chi connectivity index (χ0v) is 21.4. The molecular formula is C28H29N3O4S. The highest BCUT2D eigenvalue weighted by Gasteiger charge is 2.25. The van der Waals surface area contributed by atoms with Crippen molar-refractivity contribution in [1.82, 2.24) is 10.3 Å². The van der Waals surface area contributed by atoms with Crippen LogP contribution in [0.5, 0.6) is 17.2 Å². The lowest BCUT2D eigenvalue weighted by Crippen LogP contribution is -2.32. The van der Waals surface area contributed by atoms with Crippen molar-refractivity contribution in [3.05, 3.63) is 53.4 Å². The average Bonchev–Trinajstić information content (AvgIpc) is 3.55. The van der Waals surface area contributed by atoms with Crippen molar-refractivity contribution >= 4 is 33.1 Å². The minimum Gasteiger partial charge on any atom is -0.493 e. The first kappa shape index (κ1) is 23.9. The Hall–Kier alpha value is -3.78. The van der Waals surface area contributed by atoms with Gasteiger partial charge in [0.2, 0.25) is 5.75 Å². The highest BCUT2D eigenvalue weighted by molar-refractivity contribution is 7.21. The minimum absolute atomic E-state index is 0.139. The summed E-state index contributed by atoms with van der Waals surface area (Å²) in [6.45, 7) is 0. The van der Waals surface area contributed by atoms with Gasteiger partial charge in [-0.15, -0.1) is 11.3 Å². The predicted octanol–water partition coefficient (Wildman–Crippen LogP) is 5.91. The molecule has 5 rings (SSSR count). The number of thiophene rings is 1. The van der Waals surface area contributed by atoms with Crippen molar-refractivity contribution in [2.24, 2.45) is 0 Å². The van der Waals surface area contributed by atoms with Crippen LogP contribution in [-0.4, -0.2) is 38.3 Å². The van der Waals surface area contributed by atoms with Gasteiger partial charge in [0.25, 0.3) is 5.91 Å². The largest absolute Gasteiger partial charge is 0.493 e. The van der Waals surface area contributed by atoms with Gasteiger partial charge >= 0.3 is 0 Å². The third-order valence-electron chi connectivity index (χ3n) is 6.64. The Morgan fingerprint density at radius 1 is 0.972 bits per heavy atom. The Labute approximate surface area is 214 Å². The van der Waals surface area contributed by atoms with Gasteiger partial charge in [-0.3, -0.25) is 4.79 Å². The zero-order chi connectivity index (χ0) is 25.2. The normalized spacial score (nSPS) is 13.6. The van der Waals surface area contributed by atoms with Crippen LogP contribution < -0.4 is 25.3 Å². The van der Waals surface area contributed by atoms with E-state index in [1.807, 2.05) is 48.5 Å². The number of carbonyl (C=O) groups is 1. The number of benzene rings is 2. The first-order chi connectivity index (χ1) is 17.5. The van der Waals surface area contributed by atoms with Crippen LogP contribution >= 0.6 is 11.3 Å². The van der Waals surface area contributed by atoms with Crippen LogP contribution in [0.3, 0.4) is 0 Å². The van der Waals surface area contributed by atoms with E-state index >= 15 is 0 Å². The van der Waals surface area contributed by atoms with Crippen LogP contribution in [0, 0.1) is 0 Å². The number of methoxy groups -OCH3 is 3. The molecule has 4 aromatic rings. The molecule has 1 aliphatic carbocycles. The number of aromatic nitrogens is 1. The molecule has 1 saturated carbocycles. The number of nitrogen functional groups attached to an aromatic ring is 1. The molecule has 7 nitrogen and oxygen atoms in total. The molecular weight excluding hydrogens is 474 g/mol. The first-order valence-electron chi connectivity index (χ1n) is 11.9. The molecule has 186 valence electrons. The van der Waals surface area contributed by atoms with E-state index in [9.17, 15) is 4.79 Å². The molecule has 2 heterocycles. The highest BCUT2D eigenvalue weighted by Crippen LogP contribution is 2.46. The summed E-state index contributed by atoms with van der Waals surface area (Å²) in [6, 6.07) is 15.9. The summed E-state index contributed by atoms with van der Waals surface area (Å²) in [5, 5.41) is 3.90. The van der Waals surface area contributed by atoms with E-state index in [0.717, 1.165) is 53.5 Å². The number of nitrogens with zero attached hydrogens (tertiary/aromatic N) is 1. The summed E-state index contributed by atoms with van der Waals surface area (Å²) in [7, 11) is 4.75. The fraction of sp³-hybridized carbons (Fsp3) is 0.286. The van der Waals surface area contributed by atoms with Crippen molar-refractivity contribution < 1.29 is 19.0 Å².